The van der Waals surface area contributed by atoms with Gasteiger partial charge in [-0.15, -0.1) is 24.2 Å². The van der Waals surface area contributed by atoms with Gasteiger partial charge in [-0.1, -0.05) is 13.8 Å². The molecule has 0 saturated heterocycles. The molecule has 0 aliphatic carbocycles. The van der Waals surface area contributed by atoms with Gasteiger partial charge < -0.3 is 15.4 Å². The number of primary sulfonamides is 1. The summed E-state index contributed by atoms with van der Waals surface area (Å²) in [5.74, 6) is 1.65. The minimum atomic E-state index is -3.69. The van der Waals surface area contributed by atoms with Crippen molar-refractivity contribution in [3.8, 4) is 5.75 Å². The van der Waals surface area contributed by atoms with Crippen molar-refractivity contribution < 1.29 is 17.9 Å². The Morgan fingerprint density at radius 1 is 1.27 bits per heavy atom. The number of halogens is 1. The standard InChI is InChI=1S/C16H27N3O4S2.ClH/c1-16(2,11-17)12-19(3)15(20)10-24-9-8-23-13-4-6-14(7-5-13)25(18,21)22;/h4-7H,8-12,17H2,1-3H3,(H2,18,21,22);1H. The lowest BCUT2D eigenvalue weighted by Crippen LogP contribution is -2.40. The molecule has 0 unspecified atom stereocenters. The molecule has 7 nitrogen and oxygen atoms in total. The molecule has 0 aliphatic heterocycles. The lowest BCUT2D eigenvalue weighted by molar-refractivity contribution is -0.128. The molecule has 0 aromatic heterocycles. The molecule has 4 N–H and O–H groups in total. The largest absolute Gasteiger partial charge is 0.493 e. The molecule has 1 rings (SSSR count). The zero-order valence-corrected chi connectivity index (χ0v) is 17.8. The van der Waals surface area contributed by atoms with Crippen molar-refractivity contribution in [1.82, 2.24) is 4.90 Å². The second-order valence-corrected chi connectivity index (χ2v) is 9.20. The van der Waals surface area contributed by atoms with Gasteiger partial charge in [-0.25, -0.2) is 13.6 Å². The number of hydrogen-bond acceptors (Lipinski definition) is 6. The van der Waals surface area contributed by atoms with E-state index >= 15 is 0 Å². The van der Waals surface area contributed by atoms with E-state index in [4.69, 9.17) is 15.6 Å². The minimum Gasteiger partial charge on any atom is -0.493 e. The van der Waals surface area contributed by atoms with Gasteiger partial charge in [-0.2, -0.15) is 0 Å². The van der Waals surface area contributed by atoms with Gasteiger partial charge in [-0.3, -0.25) is 4.79 Å². The van der Waals surface area contributed by atoms with Crippen LogP contribution in [0.3, 0.4) is 0 Å². The van der Waals surface area contributed by atoms with Gasteiger partial charge in [-0.05, 0) is 36.2 Å². The van der Waals surface area contributed by atoms with Gasteiger partial charge in [0.25, 0.3) is 0 Å². The fraction of sp³-hybridized carbons (Fsp3) is 0.562. The average Bonchev–Trinajstić information content (AvgIpc) is 2.53. The lowest BCUT2D eigenvalue weighted by Gasteiger charge is -2.29. The van der Waals surface area contributed by atoms with Crippen molar-refractivity contribution in [2.45, 2.75) is 18.7 Å². The monoisotopic (exact) mass is 425 g/mol. The van der Waals surface area contributed by atoms with Gasteiger partial charge in [0.05, 0.1) is 17.3 Å². The van der Waals surface area contributed by atoms with Crippen LogP contribution in [0.1, 0.15) is 13.8 Å². The zero-order valence-electron chi connectivity index (χ0n) is 15.3. The Morgan fingerprint density at radius 2 is 1.85 bits per heavy atom. The van der Waals surface area contributed by atoms with Crippen LogP contribution < -0.4 is 15.6 Å². The third-order valence-corrected chi connectivity index (χ3v) is 5.35. The maximum Gasteiger partial charge on any atom is 0.238 e. The quantitative estimate of drug-likeness (QED) is 0.546. The topological polar surface area (TPSA) is 116 Å². The van der Waals surface area contributed by atoms with Crippen LogP contribution >= 0.6 is 24.2 Å². The predicted molar refractivity (Wildman–Crippen MR) is 108 cm³/mol. The third kappa shape index (κ3) is 9.09. The van der Waals surface area contributed by atoms with E-state index in [-0.39, 0.29) is 28.6 Å². The number of hydrogen-bond donors (Lipinski definition) is 2. The molecule has 0 saturated carbocycles. The highest BCUT2D eigenvalue weighted by Crippen LogP contribution is 2.16. The second-order valence-electron chi connectivity index (χ2n) is 6.54. The molecule has 1 amide bonds. The molecular weight excluding hydrogens is 398 g/mol. The van der Waals surface area contributed by atoms with Crippen molar-refractivity contribution in [3.05, 3.63) is 24.3 Å². The second kappa shape index (κ2) is 11.0. The minimum absolute atomic E-state index is 0. The van der Waals surface area contributed by atoms with Crippen molar-refractivity contribution in [2.75, 3.05) is 38.2 Å². The van der Waals surface area contributed by atoms with Gasteiger partial charge in [0.15, 0.2) is 0 Å². The summed E-state index contributed by atoms with van der Waals surface area (Å²) in [7, 11) is -1.91. The molecule has 1 aromatic rings. The molecular formula is C16H28ClN3O4S2. The number of benzene rings is 1. The van der Waals surface area contributed by atoms with Crippen LogP contribution in [0, 0.1) is 5.41 Å². The number of rotatable bonds is 10. The normalized spacial score (nSPS) is 11.6. The Hall–Kier alpha value is -1.00. The average molecular weight is 426 g/mol. The Labute approximate surface area is 166 Å². The SMILES string of the molecule is CN(CC(C)(C)CN)C(=O)CSCCOc1ccc(S(N)(=O)=O)cc1.Cl. The lowest BCUT2D eigenvalue weighted by atomic mass is 9.93. The van der Waals surface area contributed by atoms with Crippen LogP contribution in [0.5, 0.6) is 5.75 Å². The van der Waals surface area contributed by atoms with Gasteiger partial charge in [0.2, 0.25) is 15.9 Å². The predicted octanol–water partition coefficient (Wildman–Crippen LogP) is 1.31. The van der Waals surface area contributed by atoms with Gasteiger partial charge >= 0.3 is 0 Å². The van der Waals surface area contributed by atoms with Crippen molar-refractivity contribution in [3.63, 3.8) is 0 Å². The molecule has 0 aliphatic rings. The fourth-order valence-corrected chi connectivity index (χ4v) is 3.26. The number of amides is 1. The van der Waals surface area contributed by atoms with Crippen LogP contribution in [-0.2, 0) is 14.8 Å². The zero-order chi connectivity index (χ0) is 19.1. The molecule has 0 atom stereocenters. The Balaban J connectivity index is 0.00000625. The van der Waals surface area contributed by atoms with Crippen molar-refractivity contribution in [2.24, 2.45) is 16.3 Å². The Bertz CT molecular complexity index is 667. The number of ether oxygens (including phenoxy) is 1. The summed E-state index contributed by atoms with van der Waals surface area (Å²) in [6.07, 6.45) is 0. The van der Waals surface area contributed by atoms with Gasteiger partial charge in [0.1, 0.15) is 5.75 Å². The number of carbonyl (C=O) groups excluding carboxylic acids is 1. The van der Waals surface area contributed by atoms with E-state index in [0.717, 1.165) is 0 Å². The van der Waals surface area contributed by atoms with E-state index in [0.29, 0.717) is 37.0 Å². The molecule has 0 radical (unpaired) electrons. The first-order chi connectivity index (χ1) is 11.5. The summed E-state index contributed by atoms with van der Waals surface area (Å²) in [6, 6.07) is 5.90. The fourth-order valence-electron chi connectivity index (χ4n) is 2.01. The molecule has 0 bridgehead atoms. The first-order valence-corrected chi connectivity index (χ1v) is 10.5. The molecule has 0 fully saturated rings. The number of nitrogens with two attached hydrogens (primary N) is 2. The molecule has 0 spiro atoms. The summed E-state index contributed by atoms with van der Waals surface area (Å²) >= 11 is 1.49. The van der Waals surface area contributed by atoms with Crippen LogP contribution in [0.15, 0.2) is 29.2 Å². The third-order valence-electron chi connectivity index (χ3n) is 3.52. The molecule has 10 heteroatoms. The van der Waals surface area contributed by atoms with E-state index in [9.17, 15) is 13.2 Å². The number of carbonyl (C=O) groups is 1. The van der Waals surface area contributed by atoms with E-state index < -0.39 is 10.0 Å². The van der Waals surface area contributed by atoms with Crippen LogP contribution in [0.25, 0.3) is 0 Å². The molecule has 150 valence electrons. The smallest absolute Gasteiger partial charge is 0.238 e. The van der Waals surface area contributed by atoms with Crippen LogP contribution in [0.4, 0.5) is 0 Å². The van der Waals surface area contributed by atoms with E-state index in [1.165, 1.54) is 23.9 Å². The van der Waals surface area contributed by atoms with Crippen LogP contribution in [-0.4, -0.2) is 57.5 Å². The first kappa shape index (κ1) is 25.0. The Morgan fingerprint density at radius 3 is 2.35 bits per heavy atom. The summed E-state index contributed by atoms with van der Waals surface area (Å²) in [4.78, 5) is 13.8. The summed E-state index contributed by atoms with van der Waals surface area (Å²) in [5, 5.41) is 5.03. The van der Waals surface area contributed by atoms with Crippen molar-refractivity contribution >= 4 is 40.1 Å². The Kier molecular flexibility index (Phi) is 10.6. The summed E-state index contributed by atoms with van der Waals surface area (Å²) in [6.45, 7) is 5.62. The highest BCUT2D eigenvalue weighted by atomic mass is 35.5. The number of thioether (sulfide) groups is 1. The van der Waals surface area contributed by atoms with E-state index in [1.807, 2.05) is 13.8 Å². The van der Waals surface area contributed by atoms with Crippen LogP contribution in [0.2, 0.25) is 0 Å². The van der Waals surface area contributed by atoms with E-state index in [1.54, 1.807) is 24.1 Å². The highest BCUT2D eigenvalue weighted by molar-refractivity contribution is 7.99. The first-order valence-electron chi connectivity index (χ1n) is 7.82. The van der Waals surface area contributed by atoms with Gasteiger partial charge in [0, 0.05) is 19.3 Å². The number of sulfonamides is 1. The molecule has 1 aromatic carbocycles. The highest BCUT2D eigenvalue weighted by Gasteiger charge is 2.20. The number of nitrogens with zero attached hydrogens (tertiary/aromatic N) is 1. The summed E-state index contributed by atoms with van der Waals surface area (Å²) in [5.41, 5.74) is 5.59. The maximum atomic E-state index is 12.1. The molecule has 0 heterocycles. The molecule has 26 heavy (non-hydrogen) atoms. The summed E-state index contributed by atoms with van der Waals surface area (Å²) < 4.78 is 27.8. The maximum absolute atomic E-state index is 12.1. The van der Waals surface area contributed by atoms with Crippen molar-refractivity contribution in [1.29, 1.82) is 0 Å². The van der Waals surface area contributed by atoms with E-state index in [2.05, 4.69) is 0 Å².